The summed E-state index contributed by atoms with van der Waals surface area (Å²) in [5.74, 6) is 0.510. The fourth-order valence-electron chi connectivity index (χ4n) is 1.34. The van der Waals surface area contributed by atoms with Crippen LogP contribution in [0.25, 0.3) is 0 Å². The molecule has 1 N–H and O–H groups in total. The minimum Gasteiger partial charge on any atom is -0.384 e. The van der Waals surface area contributed by atoms with Gasteiger partial charge in [-0.2, -0.15) is 0 Å². The van der Waals surface area contributed by atoms with Gasteiger partial charge in [0, 0.05) is 39.2 Å². The monoisotopic (exact) mass is 228 g/mol. The van der Waals surface area contributed by atoms with E-state index in [1.807, 2.05) is 6.07 Å². The van der Waals surface area contributed by atoms with Crippen molar-refractivity contribution >= 4 is 11.6 Å². The van der Waals surface area contributed by atoms with Crippen LogP contribution in [0.4, 0.5) is 0 Å². The van der Waals surface area contributed by atoms with Crippen LogP contribution in [-0.2, 0) is 11.3 Å². The van der Waals surface area contributed by atoms with E-state index in [9.17, 15) is 0 Å². The Balaban J connectivity index is 2.29. The maximum atomic E-state index is 5.97. The number of ether oxygens (including phenoxy) is 1. The molecule has 0 aromatic carbocycles. The van der Waals surface area contributed by atoms with E-state index in [1.165, 1.54) is 0 Å². The first-order valence-corrected chi connectivity index (χ1v) is 5.40. The number of halogens is 1. The normalized spacial score (nSPS) is 12.7. The van der Waals surface area contributed by atoms with Crippen LogP contribution in [-0.4, -0.2) is 25.2 Å². The molecule has 0 amide bonds. The zero-order chi connectivity index (χ0) is 11.1. The Morgan fingerprint density at radius 3 is 3.07 bits per heavy atom. The predicted octanol–water partition coefficient (Wildman–Crippen LogP) is 2.11. The fraction of sp³-hybridized carbons (Fsp3) is 0.545. The maximum Gasteiger partial charge on any atom is 0.0634 e. The highest BCUT2D eigenvalue weighted by molar-refractivity contribution is 6.31. The first-order valence-electron chi connectivity index (χ1n) is 5.02. The van der Waals surface area contributed by atoms with Crippen molar-refractivity contribution in [3.8, 4) is 0 Å². The SMILES string of the molecule is COCC(C)CNCc1ccncc1Cl. The lowest BCUT2D eigenvalue weighted by atomic mass is 10.2. The molecular formula is C11H17ClN2O. The summed E-state index contributed by atoms with van der Waals surface area (Å²) in [5, 5.41) is 4.05. The maximum absolute atomic E-state index is 5.97. The lowest BCUT2D eigenvalue weighted by Crippen LogP contribution is -2.23. The van der Waals surface area contributed by atoms with E-state index in [1.54, 1.807) is 19.5 Å². The number of hydrogen-bond acceptors (Lipinski definition) is 3. The molecule has 0 bridgehead atoms. The highest BCUT2D eigenvalue weighted by atomic mass is 35.5. The number of pyridine rings is 1. The van der Waals surface area contributed by atoms with Crippen molar-refractivity contribution in [3.63, 3.8) is 0 Å². The van der Waals surface area contributed by atoms with Gasteiger partial charge in [-0.1, -0.05) is 18.5 Å². The van der Waals surface area contributed by atoms with Crippen LogP contribution in [0.1, 0.15) is 12.5 Å². The van der Waals surface area contributed by atoms with Crippen molar-refractivity contribution in [2.75, 3.05) is 20.3 Å². The third-order valence-electron chi connectivity index (χ3n) is 2.12. The average molecular weight is 229 g/mol. The number of methoxy groups -OCH3 is 1. The molecule has 1 aromatic heterocycles. The molecule has 0 aliphatic rings. The molecule has 1 rings (SSSR count). The van der Waals surface area contributed by atoms with E-state index in [2.05, 4.69) is 17.2 Å². The van der Waals surface area contributed by atoms with E-state index < -0.39 is 0 Å². The Morgan fingerprint density at radius 1 is 1.60 bits per heavy atom. The first kappa shape index (κ1) is 12.4. The molecule has 0 radical (unpaired) electrons. The summed E-state index contributed by atoms with van der Waals surface area (Å²) in [6.07, 6.45) is 3.42. The van der Waals surface area contributed by atoms with Crippen molar-refractivity contribution in [3.05, 3.63) is 29.0 Å². The molecule has 0 saturated heterocycles. The zero-order valence-corrected chi connectivity index (χ0v) is 9.92. The lowest BCUT2D eigenvalue weighted by Gasteiger charge is -2.11. The molecule has 0 spiro atoms. The molecule has 0 aliphatic heterocycles. The van der Waals surface area contributed by atoms with Gasteiger partial charge < -0.3 is 10.1 Å². The first-order chi connectivity index (χ1) is 7.24. The van der Waals surface area contributed by atoms with Gasteiger partial charge in [-0.15, -0.1) is 0 Å². The summed E-state index contributed by atoms with van der Waals surface area (Å²) < 4.78 is 5.05. The molecule has 0 fully saturated rings. The van der Waals surface area contributed by atoms with Crippen molar-refractivity contribution in [2.24, 2.45) is 5.92 Å². The Hall–Kier alpha value is -0.640. The third kappa shape index (κ3) is 4.60. The fourth-order valence-corrected chi connectivity index (χ4v) is 1.53. The molecule has 4 heteroatoms. The summed E-state index contributed by atoms with van der Waals surface area (Å²) in [4.78, 5) is 3.94. The summed E-state index contributed by atoms with van der Waals surface area (Å²) in [6, 6.07) is 1.93. The van der Waals surface area contributed by atoms with E-state index in [4.69, 9.17) is 16.3 Å². The smallest absolute Gasteiger partial charge is 0.0634 e. The van der Waals surface area contributed by atoms with Gasteiger partial charge in [0.2, 0.25) is 0 Å². The molecule has 1 aromatic rings. The van der Waals surface area contributed by atoms with Gasteiger partial charge >= 0.3 is 0 Å². The molecule has 15 heavy (non-hydrogen) atoms. The number of rotatable bonds is 6. The number of nitrogens with one attached hydrogen (secondary N) is 1. The lowest BCUT2D eigenvalue weighted by molar-refractivity contribution is 0.158. The molecular weight excluding hydrogens is 212 g/mol. The van der Waals surface area contributed by atoms with Crippen LogP contribution in [0.5, 0.6) is 0 Å². The van der Waals surface area contributed by atoms with Crippen LogP contribution in [0.3, 0.4) is 0 Å². The summed E-state index contributed by atoms with van der Waals surface area (Å²) in [7, 11) is 1.72. The second-order valence-electron chi connectivity index (χ2n) is 3.66. The van der Waals surface area contributed by atoms with E-state index in [0.29, 0.717) is 10.9 Å². The van der Waals surface area contributed by atoms with Gasteiger partial charge in [0.1, 0.15) is 0 Å². The molecule has 1 unspecified atom stereocenters. The molecule has 3 nitrogen and oxygen atoms in total. The standard InChI is InChI=1S/C11H17ClN2O/c1-9(8-15-2)5-14-6-10-3-4-13-7-11(10)12/h3-4,7,9,14H,5-6,8H2,1-2H3. The van der Waals surface area contributed by atoms with Gasteiger partial charge in [-0.3, -0.25) is 4.98 Å². The molecule has 1 atom stereocenters. The van der Waals surface area contributed by atoms with Gasteiger partial charge in [0.05, 0.1) is 5.02 Å². The Labute approximate surface area is 95.8 Å². The summed E-state index contributed by atoms with van der Waals surface area (Å²) >= 11 is 5.97. The van der Waals surface area contributed by atoms with Gasteiger partial charge in [-0.05, 0) is 17.5 Å². The minimum absolute atomic E-state index is 0.510. The quantitative estimate of drug-likeness (QED) is 0.810. The Bertz CT molecular complexity index is 294. The minimum atomic E-state index is 0.510. The van der Waals surface area contributed by atoms with Crippen LogP contribution < -0.4 is 5.32 Å². The second kappa shape index (κ2) is 6.77. The van der Waals surface area contributed by atoms with Gasteiger partial charge in [0.15, 0.2) is 0 Å². The summed E-state index contributed by atoms with van der Waals surface area (Å²) in [5.41, 5.74) is 1.08. The Kier molecular flexibility index (Phi) is 5.61. The molecule has 1 heterocycles. The van der Waals surface area contributed by atoms with Crippen LogP contribution >= 0.6 is 11.6 Å². The number of aromatic nitrogens is 1. The second-order valence-corrected chi connectivity index (χ2v) is 4.07. The highest BCUT2D eigenvalue weighted by Crippen LogP contribution is 2.12. The van der Waals surface area contributed by atoms with E-state index >= 15 is 0 Å². The van der Waals surface area contributed by atoms with E-state index in [-0.39, 0.29) is 0 Å². The van der Waals surface area contributed by atoms with Crippen LogP contribution in [0.2, 0.25) is 5.02 Å². The third-order valence-corrected chi connectivity index (χ3v) is 2.46. The average Bonchev–Trinajstić information content (AvgIpc) is 2.21. The zero-order valence-electron chi connectivity index (χ0n) is 9.16. The van der Waals surface area contributed by atoms with Crippen molar-refractivity contribution in [1.29, 1.82) is 0 Å². The van der Waals surface area contributed by atoms with Crippen molar-refractivity contribution < 1.29 is 4.74 Å². The predicted molar refractivity (Wildman–Crippen MR) is 62.0 cm³/mol. The van der Waals surface area contributed by atoms with Crippen molar-refractivity contribution in [2.45, 2.75) is 13.5 Å². The molecule has 84 valence electrons. The van der Waals surface area contributed by atoms with Crippen LogP contribution in [0, 0.1) is 5.92 Å². The summed E-state index contributed by atoms with van der Waals surface area (Å²) in [6.45, 7) is 4.61. The van der Waals surface area contributed by atoms with Crippen molar-refractivity contribution in [1.82, 2.24) is 10.3 Å². The molecule has 0 saturated carbocycles. The largest absolute Gasteiger partial charge is 0.384 e. The Morgan fingerprint density at radius 2 is 2.40 bits per heavy atom. The van der Waals surface area contributed by atoms with E-state index in [0.717, 1.165) is 25.3 Å². The van der Waals surface area contributed by atoms with Gasteiger partial charge in [0.25, 0.3) is 0 Å². The van der Waals surface area contributed by atoms with Gasteiger partial charge in [-0.25, -0.2) is 0 Å². The highest BCUT2D eigenvalue weighted by Gasteiger charge is 2.02. The number of hydrogen-bond donors (Lipinski definition) is 1. The van der Waals surface area contributed by atoms with Crippen LogP contribution in [0.15, 0.2) is 18.5 Å². The molecule has 0 aliphatic carbocycles. The topological polar surface area (TPSA) is 34.1 Å². The number of nitrogens with zero attached hydrogens (tertiary/aromatic N) is 1.